The Morgan fingerprint density at radius 3 is 1.39 bits per heavy atom. The van der Waals surface area contributed by atoms with Gasteiger partial charge >= 0.3 is 0 Å². The highest BCUT2D eigenvalue weighted by Crippen LogP contribution is 2.68. The quantitative estimate of drug-likeness (QED) is 0.157. The molecule has 1 spiro atoms. The topological polar surface area (TPSA) is 6.48 Å². The normalized spacial score (nSPS) is 15.2. The number of anilines is 6. The van der Waals surface area contributed by atoms with Crippen molar-refractivity contribution in [3.05, 3.63) is 336 Å². The maximum Gasteiger partial charge on any atom is 0.0755 e. The van der Waals surface area contributed by atoms with E-state index >= 15 is 0 Å². The van der Waals surface area contributed by atoms with Gasteiger partial charge in [0.15, 0.2) is 0 Å². The summed E-state index contributed by atoms with van der Waals surface area (Å²) in [5.74, 6) is 0. The fraction of sp³-hybridized carbons (Fsp3) is 0.0270. The van der Waals surface area contributed by atoms with Gasteiger partial charge < -0.3 is 9.80 Å². The number of rotatable bonds is 7. The lowest BCUT2D eigenvalue weighted by Crippen LogP contribution is -2.36. The van der Waals surface area contributed by atoms with Crippen molar-refractivity contribution in [3.8, 4) is 55.6 Å². The van der Waals surface area contributed by atoms with Crippen LogP contribution in [0.25, 0.3) is 55.6 Å². The molecule has 0 N–H and O–H groups in total. The van der Waals surface area contributed by atoms with Gasteiger partial charge in [-0.25, -0.2) is 0 Å². The Bertz CT molecular complexity index is 4230. The zero-order chi connectivity index (χ0) is 50.0. The summed E-state index contributed by atoms with van der Waals surface area (Å²) in [6, 6.07) is 109. The predicted octanol–water partition coefficient (Wildman–Crippen LogP) is 19.0. The lowest BCUT2D eigenvalue weighted by Gasteiger charge is -2.44. The molecule has 0 fully saturated rings. The molecule has 0 aromatic heterocycles. The first-order valence-corrected chi connectivity index (χ1v) is 26.5. The lowest BCUT2D eigenvalue weighted by atomic mass is 9.64. The molecule has 354 valence electrons. The molecule has 1 aliphatic heterocycles. The Labute approximate surface area is 443 Å². The Morgan fingerprint density at radius 1 is 0.276 bits per heavy atom. The van der Waals surface area contributed by atoms with Gasteiger partial charge in [0.1, 0.15) is 0 Å². The third-order valence-corrected chi connectivity index (χ3v) is 17.0. The highest BCUT2D eigenvalue weighted by molar-refractivity contribution is 6.06. The molecule has 1 atom stereocenters. The lowest BCUT2D eigenvalue weighted by molar-refractivity contribution is 0.753. The molecule has 12 aromatic rings. The Balaban J connectivity index is 1.04. The SMILES string of the molecule is c1ccc(-c2ccccc2N(c2ccc3c(c2)C2(c4ccccc4-c4ccccc42)c2ccccc2-3)c2cc(-c3ccccc3)c3c(c2)C2(c4ccccc4)c4ccccc4N(c4ccccc4)c4cccc-3c42)cc1. The summed E-state index contributed by atoms with van der Waals surface area (Å²) in [6.07, 6.45) is 0. The van der Waals surface area contributed by atoms with Gasteiger partial charge in [-0.15, -0.1) is 0 Å². The van der Waals surface area contributed by atoms with Crippen molar-refractivity contribution in [3.63, 3.8) is 0 Å². The summed E-state index contributed by atoms with van der Waals surface area (Å²) in [4.78, 5) is 5.07. The number of nitrogens with zero attached hydrogens (tertiary/aromatic N) is 2. The molecule has 0 saturated heterocycles. The van der Waals surface area contributed by atoms with E-state index in [0.717, 1.165) is 33.9 Å². The fourth-order valence-electron chi connectivity index (χ4n) is 14.2. The molecular formula is C74H48N2. The first-order valence-electron chi connectivity index (χ1n) is 26.5. The molecule has 1 heterocycles. The Kier molecular flexibility index (Phi) is 9.20. The minimum Gasteiger partial charge on any atom is -0.310 e. The number of fused-ring (bicyclic) bond motifs is 15. The smallest absolute Gasteiger partial charge is 0.0755 e. The van der Waals surface area contributed by atoms with Crippen molar-refractivity contribution in [1.82, 2.24) is 0 Å². The van der Waals surface area contributed by atoms with E-state index < -0.39 is 10.8 Å². The van der Waals surface area contributed by atoms with Crippen LogP contribution in [-0.4, -0.2) is 0 Å². The van der Waals surface area contributed by atoms with Gasteiger partial charge in [0.05, 0.1) is 27.9 Å². The van der Waals surface area contributed by atoms with E-state index in [2.05, 4.69) is 301 Å². The molecule has 0 bridgehead atoms. The zero-order valence-corrected chi connectivity index (χ0v) is 41.6. The molecule has 0 radical (unpaired) electrons. The van der Waals surface area contributed by atoms with Crippen LogP contribution in [0, 0.1) is 0 Å². The molecule has 16 rings (SSSR count). The summed E-state index contributed by atoms with van der Waals surface area (Å²) < 4.78 is 0. The number of benzene rings is 12. The van der Waals surface area contributed by atoms with Crippen LogP contribution in [0.2, 0.25) is 0 Å². The largest absolute Gasteiger partial charge is 0.310 e. The average molecular weight is 965 g/mol. The second-order valence-electron chi connectivity index (χ2n) is 20.6. The van der Waals surface area contributed by atoms with E-state index in [9.17, 15) is 0 Å². The van der Waals surface area contributed by atoms with Crippen LogP contribution in [0.4, 0.5) is 34.1 Å². The van der Waals surface area contributed by atoms with Gasteiger partial charge in [-0.05, 0) is 144 Å². The molecule has 2 nitrogen and oxygen atoms in total. The van der Waals surface area contributed by atoms with Gasteiger partial charge in [-0.3, -0.25) is 0 Å². The van der Waals surface area contributed by atoms with Crippen molar-refractivity contribution in [2.24, 2.45) is 0 Å². The maximum atomic E-state index is 2.58. The number of hydrogen-bond acceptors (Lipinski definition) is 2. The first kappa shape index (κ1) is 42.7. The molecule has 2 heteroatoms. The van der Waals surface area contributed by atoms with Crippen LogP contribution in [0.3, 0.4) is 0 Å². The van der Waals surface area contributed by atoms with Crippen LogP contribution in [0.1, 0.15) is 44.5 Å². The second kappa shape index (κ2) is 16.4. The summed E-state index contributed by atoms with van der Waals surface area (Å²) >= 11 is 0. The van der Waals surface area contributed by atoms with Crippen molar-refractivity contribution in [2.75, 3.05) is 9.80 Å². The highest BCUT2D eigenvalue weighted by Gasteiger charge is 2.54. The van der Waals surface area contributed by atoms with Crippen molar-refractivity contribution in [1.29, 1.82) is 0 Å². The van der Waals surface area contributed by atoms with Gasteiger partial charge in [0, 0.05) is 28.2 Å². The van der Waals surface area contributed by atoms with Gasteiger partial charge in [-0.1, -0.05) is 237 Å². The minimum atomic E-state index is -0.685. The second-order valence-corrected chi connectivity index (χ2v) is 20.6. The van der Waals surface area contributed by atoms with Gasteiger partial charge in [-0.2, -0.15) is 0 Å². The monoisotopic (exact) mass is 964 g/mol. The molecular weight excluding hydrogens is 917 g/mol. The fourth-order valence-corrected chi connectivity index (χ4v) is 14.2. The zero-order valence-electron chi connectivity index (χ0n) is 41.6. The van der Waals surface area contributed by atoms with Gasteiger partial charge in [0.25, 0.3) is 0 Å². The molecule has 3 aliphatic carbocycles. The molecule has 0 amide bonds. The number of hydrogen-bond donors (Lipinski definition) is 0. The van der Waals surface area contributed by atoms with E-state index in [1.165, 1.54) is 100 Å². The van der Waals surface area contributed by atoms with Crippen molar-refractivity contribution in [2.45, 2.75) is 10.8 Å². The van der Waals surface area contributed by atoms with Crippen molar-refractivity contribution < 1.29 is 0 Å². The van der Waals surface area contributed by atoms with E-state index in [1.54, 1.807) is 0 Å². The Morgan fingerprint density at radius 2 is 0.750 bits per heavy atom. The number of para-hydroxylation sites is 3. The van der Waals surface area contributed by atoms with E-state index in [-0.39, 0.29) is 0 Å². The summed E-state index contributed by atoms with van der Waals surface area (Å²) in [6.45, 7) is 0. The third-order valence-electron chi connectivity index (χ3n) is 17.0. The van der Waals surface area contributed by atoms with Crippen LogP contribution in [-0.2, 0) is 10.8 Å². The standard InChI is InChI=1S/C74H48N2/c1-5-24-49(25-6-1)55-32-16-21-41-68(55)75(53-44-45-59-58-35-15-19-39-64(58)74(66(59)47-53)62-37-17-13-33-56(62)57-34-14-18-38-63(57)74)54-46-61(50-26-7-2-8-27-50)71-60-36-23-43-70-72(60)73(67(71)48-54,51-28-9-3-10-29-51)65-40-20-22-42-69(65)76(70)52-30-11-4-12-31-52/h1-48H. The van der Waals surface area contributed by atoms with E-state index in [0.29, 0.717) is 0 Å². The molecule has 12 aromatic carbocycles. The summed E-state index contributed by atoms with van der Waals surface area (Å²) in [5.41, 5.74) is 28.3. The van der Waals surface area contributed by atoms with Crippen molar-refractivity contribution >= 4 is 34.1 Å². The van der Waals surface area contributed by atoms with Gasteiger partial charge in [0.2, 0.25) is 0 Å². The predicted molar refractivity (Wildman–Crippen MR) is 314 cm³/mol. The molecule has 1 unspecified atom stereocenters. The van der Waals surface area contributed by atoms with Crippen LogP contribution in [0.15, 0.2) is 291 Å². The molecule has 4 aliphatic rings. The van der Waals surface area contributed by atoms with Crippen LogP contribution >= 0.6 is 0 Å². The molecule has 0 saturated carbocycles. The third kappa shape index (κ3) is 5.70. The summed E-state index contributed by atoms with van der Waals surface area (Å²) in [7, 11) is 0. The van der Waals surface area contributed by atoms with E-state index in [1.807, 2.05) is 0 Å². The molecule has 76 heavy (non-hydrogen) atoms. The maximum absolute atomic E-state index is 2.58. The first-order chi connectivity index (χ1) is 37.7. The highest BCUT2D eigenvalue weighted by atomic mass is 15.2. The Hall–Kier alpha value is -9.76. The van der Waals surface area contributed by atoms with Crippen LogP contribution < -0.4 is 9.80 Å². The average Bonchev–Trinajstić information content (AvgIpc) is 4.30. The van der Waals surface area contributed by atoms with E-state index in [4.69, 9.17) is 0 Å². The summed E-state index contributed by atoms with van der Waals surface area (Å²) in [5, 5.41) is 0. The van der Waals surface area contributed by atoms with Crippen LogP contribution in [0.5, 0.6) is 0 Å². The minimum absolute atomic E-state index is 0.515.